The van der Waals surface area contributed by atoms with Crippen LogP contribution in [0.25, 0.3) is 0 Å². The summed E-state index contributed by atoms with van der Waals surface area (Å²) in [4.78, 5) is 13.6. The normalized spacial score (nSPS) is 26.4. The van der Waals surface area contributed by atoms with Crippen molar-refractivity contribution in [3.05, 3.63) is 11.3 Å². The van der Waals surface area contributed by atoms with Crippen LogP contribution in [-0.2, 0) is 0 Å². The van der Waals surface area contributed by atoms with E-state index in [9.17, 15) is 4.79 Å². The van der Waals surface area contributed by atoms with Crippen LogP contribution >= 0.6 is 23.4 Å². The highest BCUT2D eigenvalue weighted by Gasteiger charge is 2.31. The van der Waals surface area contributed by atoms with Gasteiger partial charge in [-0.1, -0.05) is 0 Å². The van der Waals surface area contributed by atoms with Crippen LogP contribution in [0.4, 0.5) is 4.79 Å². The topological polar surface area (TPSA) is 32.3 Å². The van der Waals surface area contributed by atoms with Gasteiger partial charge in [-0.2, -0.15) is 11.8 Å². The minimum absolute atomic E-state index is 0.00815. The second-order valence-electron chi connectivity index (χ2n) is 3.79. The number of rotatable bonds is 2. The third-order valence-corrected chi connectivity index (χ3v) is 4.13. The first-order valence-electron chi connectivity index (χ1n) is 5.17. The second kappa shape index (κ2) is 4.66. The number of nitrogens with one attached hydrogen (secondary N) is 1. The smallest absolute Gasteiger partial charge is 0.317 e. The summed E-state index contributed by atoms with van der Waals surface area (Å²) in [6.45, 7) is 2.71. The van der Waals surface area contributed by atoms with Crippen molar-refractivity contribution < 1.29 is 4.79 Å². The quantitative estimate of drug-likeness (QED) is 0.757. The van der Waals surface area contributed by atoms with E-state index in [1.165, 1.54) is 5.57 Å². The monoisotopic (exact) mass is 246 g/mol. The van der Waals surface area contributed by atoms with Gasteiger partial charge in [-0.15, -0.1) is 11.6 Å². The molecule has 0 spiro atoms. The molecule has 0 saturated carbocycles. The Bertz CT molecular complexity index is 306. The van der Waals surface area contributed by atoms with Crippen LogP contribution in [0.3, 0.4) is 0 Å². The van der Waals surface area contributed by atoms with Gasteiger partial charge in [0.05, 0.1) is 6.04 Å². The van der Waals surface area contributed by atoms with Crippen molar-refractivity contribution in [3.8, 4) is 0 Å². The van der Waals surface area contributed by atoms with Gasteiger partial charge in [0, 0.05) is 23.9 Å². The molecule has 2 amide bonds. The number of amides is 2. The van der Waals surface area contributed by atoms with E-state index in [1.807, 2.05) is 16.7 Å². The number of allylic oxidation sites excluding steroid dienone is 1. The highest BCUT2D eigenvalue weighted by atomic mass is 35.5. The SMILES string of the molecule is CC1C2=C(CCSC2)NC(=O)N1CCCl. The molecule has 0 fully saturated rings. The lowest BCUT2D eigenvalue weighted by atomic mass is 10.0. The van der Waals surface area contributed by atoms with Crippen molar-refractivity contribution in [3.63, 3.8) is 0 Å². The molecule has 2 rings (SSSR count). The molecule has 3 nitrogen and oxygen atoms in total. The third-order valence-electron chi connectivity index (χ3n) is 2.96. The van der Waals surface area contributed by atoms with E-state index < -0.39 is 0 Å². The van der Waals surface area contributed by atoms with E-state index in [1.54, 1.807) is 0 Å². The van der Waals surface area contributed by atoms with Crippen LogP contribution in [0.1, 0.15) is 13.3 Å². The molecule has 0 aliphatic carbocycles. The van der Waals surface area contributed by atoms with Crippen molar-refractivity contribution in [2.24, 2.45) is 0 Å². The minimum Gasteiger partial charge on any atom is -0.317 e. The van der Waals surface area contributed by atoms with Crippen molar-refractivity contribution in [1.29, 1.82) is 0 Å². The summed E-state index contributed by atoms with van der Waals surface area (Å²) in [5.74, 6) is 2.64. The van der Waals surface area contributed by atoms with E-state index >= 15 is 0 Å². The third kappa shape index (κ3) is 2.11. The molecule has 0 radical (unpaired) electrons. The zero-order valence-corrected chi connectivity index (χ0v) is 10.3. The molecule has 2 heterocycles. The first-order valence-corrected chi connectivity index (χ1v) is 6.86. The molecule has 1 atom stereocenters. The summed E-state index contributed by atoms with van der Waals surface area (Å²) in [6.07, 6.45) is 0.991. The van der Waals surface area contributed by atoms with E-state index in [2.05, 4.69) is 12.2 Å². The van der Waals surface area contributed by atoms with E-state index in [-0.39, 0.29) is 12.1 Å². The second-order valence-corrected chi connectivity index (χ2v) is 5.28. The van der Waals surface area contributed by atoms with E-state index in [0.717, 1.165) is 23.6 Å². The number of halogens is 1. The van der Waals surface area contributed by atoms with Gasteiger partial charge < -0.3 is 10.2 Å². The van der Waals surface area contributed by atoms with Crippen molar-refractivity contribution in [1.82, 2.24) is 10.2 Å². The van der Waals surface area contributed by atoms with E-state index in [0.29, 0.717) is 12.4 Å². The molecule has 0 aromatic rings. The molecule has 2 aliphatic heterocycles. The molecule has 0 saturated heterocycles. The van der Waals surface area contributed by atoms with Gasteiger partial charge in [0.2, 0.25) is 0 Å². The van der Waals surface area contributed by atoms with Crippen LogP contribution in [0.2, 0.25) is 0 Å². The summed E-state index contributed by atoms with van der Waals surface area (Å²) in [5, 5.41) is 2.98. The maximum atomic E-state index is 11.8. The molecule has 1 unspecified atom stereocenters. The Morgan fingerprint density at radius 2 is 2.47 bits per heavy atom. The number of nitrogens with zero attached hydrogens (tertiary/aromatic N) is 1. The van der Waals surface area contributed by atoms with Gasteiger partial charge >= 0.3 is 6.03 Å². The van der Waals surface area contributed by atoms with Gasteiger partial charge in [0.25, 0.3) is 0 Å². The highest BCUT2D eigenvalue weighted by molar-refractivity contribution is 7.99. The van der Waals surface area contributed by atoms with Crippen molar-refractivity contribution in [2.75, 3.05) is 23.9 Å². The molecule has 5 heteroatoms. The zero-order chi connectivity index (χ0) is 10.8. The molecule has 2 aliphatic rings. The average molecular weight is 247 g/mol. The molecular formula is C10H15ClN2OS. The number of alkyl halides is 1. The molecule has 0 aromatic heterocycles. The number of thioether (sulfide) groups is 1. The zero-order valence-electron chi connectivity index (χ0n) is 8.75. The number of carbonyl (C=O) groups is 1. The summed E-state index contributed by atoms with van der Waals surface area (Å²) in [7, 11) is 0. The molecule has 84 valence electrons. The summed E-state index contributed by atoms with van der Waals surface area (Å²) >= 11 is 7.63. The van der Waals surface area contributed by atoms with Crippen LogP contribution < -0.4 is 5.32 Å². The lowest BCUT2D eigenvalue weighted by Gasteiger charge is -2.38. The summed E-state index contributed by atoms with van der Waals surface area (Å²) in [5.41, 5.74) is 2.52. The van der Waals surface area contributed by atoms with Gasteiger partial charge in [0.15, 0.2) is 0 Å². The fourth-order valence-corrected chi connectivity index (χ4v) is 3.38. The van der Waals surface area contributed by atoms with Gasteiger partial charge in [-0.05, 0) is 24.7 Å². The fourth-order valence-electron chi connectivity index (χ4n) is 2.07. The fraction of sp³-hybridized carbons (Fsp3) is 0.700. The van der Waals surface area contributed by atoms with Crippen LogP contribution in [-0.4, -0.2) is 40.9 Å². The lowest BCUT2D eigenvalue weighted by Crippen LogP contribution is -2.52. The minimum atomic E-state index is 0.00815. The van der Waals surface area contributed by atoms with E-state index in [4.69, 9.17) is 11.6 Å². The molecule has 1 N–H and O–H groups in total. The number of urea groups is 1. The lowest BCUT2D eigenvalue weighted by molar-refractivity contribution is 0.186. The Morgan fingerprint density at radius 3 is 3.20 bits per heavy atom. The molecular weight excluding hydrogens is 232 g/mol. The number of hydrogen-bond acceptors (Lipinski definition) is 2. The number of hydrogen-bond donors (Lipinski definition) is 1. The predicted molar refractivity (Wildman–Crippen MR) is 64.4 cm³/mol. The predicted octanol–water partition coefficient (Wildman–Crippen LogP) is 2.03. The van der Waals surface area contributed by atoms with Crippen molar-refractivity contribution in [2.45, 2.75) is 19.4 Å². The molecule has 15 heavy (non-hydrogen) atoms. The maximum absolute atomic E-state index is 11.8. The summed E-state index contributed by atoms with van der Waals surface area (Å²) < 4.78 is 0. The largest absolute Gasteiger partial charge is 0.322 e. The van der Waals surface area contributed by atoms with Gasteiger partial charge in [-0.25, -0.2) is 4.79 Å². The van der Waals surface area contributed by atoms with Crippen LogP contribution in [0, 0.1) is 0 Å². The Hall–Kier alpha value is -0.350. The Balaban J connectivity index is 2.21. The van der Waals surface area contributed by atoms with Gasteiger partial charge in [0.1, 0.15) is 0 Å². The Labute approximate surface area is 99.2 Å². The van der Waals surface area contributed by atoms with Crippen LogP contribution in [0.5, 0.6) is 0 Å². The Morgan fingerprint density at radius 1 is 1.67 bits per heavy atom. The number of carbonyl (C=O) groups excluding carboxylic acids is 1. The first-order chi connectivity index (χ1) is 7.24. The Kier molecular flexibility index (Phi) is 3.46. The average Bonchev–Trinajstić information content (AvgIpc) is 2.24. The van der Waals surface area contributed by atoms with Crippen molar-refractivity contribution >= 4 is 29.4 Å². The highest BCUT2D eigenvalue weighted by Crippen LogP contribution is 2.29. The maximum Gasteiger partial charge on any atom is 0.322 e. The first kappa shape index (κ1) is 11.1. The van der Waals surface area contributed by atoms with Crippen LogP contribution in [0.15, 0.2) is 11.3 Å². The standard InChI is InChI=1S/C10H15ClN2OS/c1-7-8-6-15-5-2-9(8)12-10(14)13(7)4-3-11/h7H,2-6H2,1H3,(H,12,14). The summed E-state index contributed by atoms with van der Waals surface area (Å²) in [6, 6.07) is 0.217. The van der Waals surface area contributed by atoms with Gasteiger partial charge in [-0.3, -0.25) is 0 Å². The molecule has 0 aromatic carbocycles. The molecule has 0 bridgehead atoms.